The summed E-state index contributed by atoms with van der Waals surface area (Å²) in [6.07, 6.45) is 3.30. The topological polar surface area (TPSA) is 131 Å². The number of H-pyrrole nitrogens is 1. The molecule has 0 spiro atoms. The highest BCUT2D eigenvalue weighted by Gasteiger charge is 2.15. The number of nitrogens with zero attached hydrogens (tertiary/aromatic N) is 5. The van der Waals surface area contributed by atoms with E-state index in [1.807, 2.05) is 29.8 Å². The molecule has 0 radical (unpaired) electrons. The number of hydrogen-bond acceptors (Lipinski definition) is 8. The number of thioether (sulfide) groups is 1. The van der Waals surface area contributed by atoms with Crippen LogP contribution in [0.3, 0.4) is 0 Å². The first-order chi connectivity index (χ1) is 17.5. The van der Waals surface area contributed by atoms with E-state index >= 15 is 0 Å². The fourth-order valence-corrected chi connectivity index (χ4v) is 4.50. The molecular weight excluding hydrogens is 478 g/mol. The number of ether oxygens (including phenoxy) is 1. The molecule has 0 aliphatic rings. The van der Waals surface area contributed by atoms with Gasteiger partial charge in [-0.2, -0.15) is 0 Å². The van der Waals surface area contributed by atoms with Crippen molar-refractivity contribution < 1.29 is 14.6 Å². The number of aromatic hydroxyl groups is 1. The number of hydrogen-bond donors (Lipinski definition) is 3. The molecule has 3 aromatic heterocycles. The molecular formula is C25H23N7O3S. The standard InChI is InChI=1S/C25H23N7O3S/c1-32-14-28-31-25(32)36-11-10-26-23(34)16-5-7-19-20(13-16)30-22(29-19)18-12-15(6-8-21(18)33)17-4-3-9-27-24(17)35-2/h3-9,12-14,33H,10-11H2,1-2H3,(H,26,34)(H,29,30). The number of phenols is 1. The van der Waals surface area contributed by atoms with Gasteiger partial charge in [-0.05, 0) is 48.0 Å². The third-order valence-electron chi connectivity index (χ3n) is 5.56. The Labute approximate surface area is 210 Å². The first-order valence-electron chi connectivity index (χ1n) is 11.1. The van der Waals surface area contributed by atoms with Gasteiger partial charge in [-0.25, -0.2) is 9.97 Å². The van der Waals surface area contributed by atoms with Crippen molar-refractivity contribution in [3.8, 4) is 34.1 Å². The lowest BCUT2D eigenvalue weighted by molar-refractivity contribution is 0.0956. The monoisotopic (exact) mass is 501 g/mol. The van der Waals surface area contributed by atoms with Crippen molar-refractivity contribution in [1.29, 1.82) is 0 Å². The Kier molecular flexibility index (Phi) is 6.54. The number of carbonyl (C=O) groups excluding carboxylic acids is 1. The Balaban J connectivity index is 1.34. The number of nitrogens with one attached hydrogen (secondary N) is 2. The zero-order valence-corrected chi connectivity index (χ0v) is 20.4. The fraction of sp³-hybridized carbons (Fsp3) is 0.160. The van der Waals surface area contributed by atoms with Crippen LogP contribution in [0.4, 0.5) is 0 Å². The molecule has 1 amide bonds. The van der Waals surface area contributed by atoms with Gasteiger partial charge in [0.15, 0.2) is 5.16 Å². The molecule has 0 saturated carbocycles. The minimum atomic E-state index is -0.187. The number of imidazole rings is 1. The molecule has 182 valence electrons. The quantitative estimate of drug-likeness (QED) is 0.217. The average Bonchev–Trinajstić information content (AvgIpc) is 3.52. The molecule has 3 heterocycles. The van der Waals surface area contributed by atoms with Crippen molar-refractivity contribution in [2.75, 3.05) is 19.4 Å². The molecule has 2 aromatic carbocycles. The number of methoxy groups -OCH3 is 1. The number of phenolic OH excluding ortho intramolecular Hbond substituents is 1. The van der Waals surface area contributed by atoms with Crippen LogP contribution in [0, 0.1) is 0 Å². The molecule has 0 saturated heterocycles. The van der Waals surface area contributed by atoms with E-state index in [-0.39, 0.29) is 11.7 Å². The van der Waals surface area contributed by atoms with Crippen LogP contribution in [0.2, 0.25) is 0 Å². The van der Waals surface area contributed by atoms with E-state index in [0.29, 0.717) is 40.6 Å². The van der Waals surface area contributed by atoms with E-state index in [0.717, 1.165) is 21.8 Å². The van der Waals surface area contributed by atoms with Crippen LogP contribution in [0.1, 0.15) is 10.4 Å². The van der Waals surface area contributed by atoms with E-state index < -0.39 is 0 Å². The average molecular weight is 502 g/mol. The number of rotatable bonds is 8. The van der Waals surface area contributed by atoms with Gasteiger partial charge in [0.2, 0.25) is 5.88 Å². The summed E-state index contributed by atoms with van der Waals surface area (Å²) in [6, 6.07) is 14.2. The van der Waals surface area contributed by atoms with Crippen LogP contribution in [-0.2, 0) is 7.05 Å². The lowest BCUT2D eigenvalue weighted by atomic mass is 10.0. The van der Waals surface area contributed by atoms with Crippen molar-refractivity contribution in [1.82, 2.24) is 35.0 Å². The van der Waals surface area contributed by atoms with Crippen LogP contribution >= 0.6 is 11.8 Å². The lowest BCUT2D eigenvalue weighted by Gasteiger charge is -2.09. The summed E-state index contributed by atoms with van der Waals surface area (Å²) in [5.74, 6) is 1.55. The number of carbonyl (C=O) groups is 1. The molecule has 11 heteroatoms. The summed E-state index contributed by atoms with van der Waals surface area (Å²) in [5, 5.41) is 22.1. The zero-order chi connectivity index (χ0) is 25.1. The van der Waals surface area contributed by atoms with E-state index in [1.165, 1.54) is 11.8 Å². The maximum absolute atomic E-state index is 12.7. The fourth-order valence-electron chi connectivity index (χ4n) is 3.75. The SMILES string of the molecule is COc1ncccc1-c1ccc(O)c(-c2nc3cc(C(=O)NCCSc4nncn4C)ccc3[nH]2)c1. The Hall–Kier alpha value is -4.38. The number of aromatic nitrogens is 6. The number of aromatic amines is 1. The molecule has 36 heavy (non-hydrogen) atoms. The summed E-state index contributed by atoms with van der Waals surface area (Å²) in [4.78, 5) is 24.8. The van der Waals surface area contributed by atoms with Crippen LogP contribution in [0.5, 0.6) is 11.6 Å². The maximum Gasteiger partial charge on any atom is 0.251 e. The second-order valence-corrected chi connectivity index (χ2v) is 9.00. The molecule has 3 N–H and O–H groups in total. The molecule has 0 aliphatic heterocycles. The Bertz CT molecular complexity index is 1550. The minimum Gasteiger partial charge on any atom is -0.507 e. The second kappa shape index (κ2) is 10.1. The normalized spacial score (nSPS) is 11.1. The summed E-state index contributed by atoms with van der Waals surface area (Å²) < 4.78 is 7.20. The highest BCUT2D eigenvalue weighted by molar-refractivity contribution is 7.99. The van der Waals surface area contributed by atoms with E-state index in [9.17, 15) is 9.90 Å². The minimum absolute atomic E-state index is 0.0824. The third-order valence-corrected chi connectivity index (χ3v) is 6.60. The van der Waals surface area contributed by atoms with Crippen LogP contribution in [0.25, 0.3) is 33.5 Å². The molecule has 5 rings (SSSR count). The Morgan fingerprint density at radius 3 is 2.89 bits per heavy atom. The first kappa shape index (κ1) is 23.4. The first-order valence-corrected chi connectivity index (χ1v) is 12.1. The predicted octanol–water partition coefficient (Wildman–Crippen LogP) is 3.66. The smallest absolute Gasteiger partial charge is 0.251 e. The molecule has 0 fully saturated rings. The zero-order valence-electron chi connectivity index (χ0n) is 19.6. The van der Waals surface area contributed by atoms with E-state index in [4.69, 9.17) is 4.74 Å². The number of aryl methyl sites for hydroxylation is 1. The maximum atomic E-state index is 12.7. The van der Waals surface area contributed by atoms with Gasteiger partial charge in [0.25, 0.3) is 5.91 Å². The highest BCUT2D eigenvalue weighted by Crippen LogP contribution is 2.35. The number of amides is 1. The van der Waals surface area contributed by atoms with Gasteiger partial charge in [-0.15, -0.1) is 10.2 Å². The molecule has 0 atom stereocenters. The van der Waals surface area contributed by atoms with Gasteiger partial charge < -0.3 is 24.7 Å². The van der Waals surface area contributed by atoms with Crippen LogP contribution in [-0.4, -0.2) is 60.1 Å². The third kappa shape index (κ3) is 4.73. The van der Waals surface area contributed by atoms with Crippen molar-refractivity contribution in [3.05, 3.63) is 66.6 Å². The molecule has 0 unspecified atom stereocenters. The molecule has 5 aromatic rings. The largest absolute Gasteiger partial charge is 0.507 e. The van der Waals surface area contributed by atoms with Crippen molar-refractivity contribution in [3.63, 3.8) is 0 Å². The van der Waals surface area contributed by atoms with Gasteiger partial charge in [0, 0.05) is 36.7 Å². The molecule has 10 nitrogen and oxygen atoms in total. The lowest BCUT2D eigenvalue weighted by Crippen LogP contribution is -2.25. The van der Waals surface area contributed by atoms with Gasteiger partial charge in [-0.3, -0.25) is 4.79 Å². The summed E-state index contributed by atoms with van der Waals surface area (Å²) in [6.45, 7) is 0.485. The molecule has 0 aliphatic carbocycles. The van der Waals surface area contributed by atoms with Crippen molar-refractivity contribution >= 4 is 28.7 Å². The van der Waals surface area contributed by atoms with Gasteiger partial charge in [0.05, 0.1) is 23.7 Å². The number of fused-ring (bicyclic) bond motifs is 1. The predicted molar refractivity (Wildman–Crippen MR) is 137 cm³/mol. The number of benzene rings is 2. The van der Waals surface area contributed by atoms with E-state index in [2.05, 4.69) is 30.5 Å². The highest BCUT2D eigenvalue weighted by atomic mass is 32.2. The Morgan fingerprint density at radius 2 is 2.08 bits per heavy atom. The summed E-state index contributed by atoms with van der Waals surface area (Å²) in [7, 11) is 3.44. The second-order valence-electron chi connectivity index (χ2n) is 7.94. The van der Waals surface area contributed by atoms with Gasteiger partial charge >= 0.3 is 0 Å². The van der Waals surface area contributed by atoms with Crippen molar-refractivity contribution in [2.24, 2.45) is 7.05 Å². The summed E-state index contributed by atoms with van der Waals surface area (Å²) >= 11 is 1.52. The Morgan fingerprint density at radius 1 is 1.19 bits per heavy atom. The summed E-state index contributed by atoms with van der Waals surface area (Å²) in [5.41, 5.74) is 4.03. The van der Waals surface area contributed by atoms with Gasteiger partial charge in [0.1, 0.15) is 17.9 Å². The van der Waals surface area contributed by atoms with E-state index in [1.54, 1.807) is 50.0 Å². The van der Waals surface area contributed by atoms with Crippen LogP contribution < -0.4 is 10.1 Å². The number of pyridine rings is 1. The van der Waals surface area contributed by atoms with Gasteiger partial charge in [-0.1, -0.05) is 17.8 Å². The van der Waals surface area contributed by atoms with Crippen LogP contribution in [0.15, 0.2) is 66.2 Å². The van der Waals surface area contributed by atoms with Crippen molar-refractivity contribution in [2.45, 2.75) is 5.16 Å². The molecule has 0 bridgehead atoms.